The summed E-state index contributed by atoms with van der Waals surface area (Å²) in [5.41, 5.74) is 2.74. The average Bonchev–Trinajstić information content (AvgIpc) is 3.04. The van der Waals surface area contributed by atoms with E-state index >= 15 is 0 Å². The first-order valence-corrected chi connectivity index (χ1v) is 8.10. The van der Waals surface area contributed by atoms with Crippen LogP contribution in [0.25, 0.3) is 5.57 Å². The molecular formula is C19H23NO3. The van der Waals surface area contributed by atoms with E-state index in [-0.39, 0.29) is 6.09 Å². The smallest absolute Gasteiger partial charge is 0.410 e. The van der Waals surface area contributed by atoms with E-state index in [2.05, 4.69) is 6.08 Å². The number of likely N-dealkylation sites (tertiary alicyclic amines) is 1. The standard InChI is InChI=1S/C19H23NO3/c1-19(2,3)23-18(22)20-10-16-8-15(9-17(16)11-20)14-6-4-13(12-21)5-7-14/h4-8,12,16-17H,9-11H2,1-3H3. The van der Waals surface area contributed by atoms with Gasteiger partial charge in [0.25, 0.3) is 0 Å². The lowest BCUT2D eigenvalue weighted by atomic mass is 9.98. The van der Waals surface area contributed by atoms with Crippen molar-refractivity contribution >= 4 is 18.0 Å². The molecule has 0 N–H and O–H groups in total. The van der Waals surface area contributed by atoms with Crippen LogP contribution in [0, 0.1) is 11.8 Å². The maximum atomic E-state index is 12.2. The summed E-state index contributed by atoms with van der Waals surface area (Å²) in [4.78, 5) is 24.7. The highest BCUT2D eigenvalue weighted by molar-refractivity contribution is 5.77. The lowest BCUT2D eigenvalue weighted by Gasteiger charge is -2.24. The average molecular weight is 313 g/mol. The summed E-state index contributed by atoms with van der Waals surface area (Å²) in [6, 6.07) is 7.71. The molecule has 1 aromatic rings. The molecule has 1 heterocycles. The van der Waals surface area contributed by atoms with Crippen LogP contribution in [0.4, 0.5) is 4.79 Å². The second-order valence-electron chi connectivity index (χ2n) is 7.45. The molecule has 122 valence electrons. The predicted molar refractivity (Wildman–Crippen MR) is 89.2 cm³/mol. The molecule has 0 saturated carbocycles. The lowest BCUT2D eigenvalue weighted by Crippen LogP contribution is -2.35. The Kier molecular flexibility index (Phi) is 4.00. The van der Waals surface area contributed by atoms with Gasteiger partial charge in [0.1, 0.15) is 11.9 Å². The largest absolute Gasteiger partial charge is 0.444 e. The number of fused-ring (bicyclic) bond motifs is 1. The number of carbonyl (C=O) groups is 2. The zero-order valence-corrected chi connectivity index (χ0v) is 13.9. The predicted octanol–water partition coefficient (Wildman–Crippen LogP) is 3.77. The van der Waals surface area contributed by atoms with Gasteiger partial charge in [0.2, 0.25) is 0 Å². The molecular weight excluding hydrogens is 290 g/mol. The number of benzene rings is 1. The van der Waals surface area contributed by atoms with Crippen LogP contribution in [0.1, 0.15) is 43.1 Å². The highest BCUT2D eigenvalue weighted by atomic mass is 16.6. The van der Waals surface area contributed by atoms with Gasteiger partial charge in [-0.05, 0) is 50.2 Å². The number of amides is 1. The third-order valence-electron chi connectivity index (χ3n) is 4.46. The Morgan fingerprint density at radius 1 is 1.22 bits per heavy atom. The molecule has 2 unspecified atom stereocenters. The highest BCUT2D eigenvalue weighted by Crippen LogP contribution is 2.41. The van der Waals surface area contributed by atoms with E-state index < -0.39 is 5.60 Å². The van der Waals surface area contributed by atoms with Gasteiger partial charge in [-0.15, -0.1) is 0 Å². The number of carbonyl (C=O) groups excluding carboxylic acids is 2. The van der Waals surface area contributed by atoms with E-state index in [0.717, 1.165) is 25.8 Å². The lowest BCUT2D eigenvalue weighted by molar-refractivity contribution is 0.0285. The quantitative estimate of drug-likeness (QED) is 0.781. The van der Waals surface area contributed by atoms with Crippen LogP contribution in [0.15, 0.2) is 30.3 Å². The fraction of sp³-hybridized carbons (Fsp3) is 0.474. The van der Waals surface area contributed by atoms with Gasteiger partial charge < -0.3 is 9.64 Å². The number of ether oxygens (including phenoxy) is 1. The van der Waals surface area contributed by atoms with Gasteiger partial charge in [0.05, 0.1) is 0 Å². The summed E-state index contributed by atoms with van der Waals surface area (Å²) in [7, 11) is 0. The summed E-state index contributed by atoms with van der Waals surface area (Å²) in [5, 5.41) is 0. The van der Waals surface area contributed by atoms with Gasteiger partial charge in [0, 0.05) is 18.7 Å². The Labute approximate surface area is 137 Å². The Morgan fingerprint density at radius 2 is 1.91 bits per heavy atom. The SMILES string of the molecule is CC(C)(C)OC(=O)N1CC2C=C(c3ccc(C=O)cc3)CC2C1. The third-order valence-corrected chi connectivity index (χ3v) is 4.46. The minimum absolute atomic E-state index is 0.211. The maximum Gasteiger partial charge on any atom is 0.410 e. The van der Waals surface area contributed by atoms with Crippen molar-refractivity contribution in [2.24, 2.45) is 11.8 Å². The van der Waals surface area contributed by atoms with Crippen molar-refractivity contribution in [2.75, 3.05) is 13.1 Å². The number of allylic oxidation sites excluding steroid dienone is 1. The molecule has 0 radical (unpaired) electrons. The third kappa shape index (κ3) is 3.46. The van der Waals surface area contributed by atoms with Crippen molar-refractivity contribution in [3.05, 3.63) is 41.5 Å². The first-order chi connectivity index (χ1) is 10.9. The Bertz CT molecular complexity index is 640. The number of nitrogens with zero attached hydrogens (tertiary/aromatic N) is 1. The molecule has 1 aromatic carbocycles. The summed E-state index contributed by atoms with van der Waals surface area (Å²) in [6.45, 7) is 7.16. The molecule has 1 aliphatic heterocycles. The minimum atomic E-state index is -0.448. The van der Waals surface area contributed by atoms with Crippen molar-refractivity contribution in [1.29, 1.82) is 0 Å². The van der Waals surface area contributed by atoms with Crippen LogP contribution in [0.3, 0.4) is 0 Å². The molecule has 1 saturated heterocycles. The number of aldehydes is 1. The normalized spacial score (nSPS) is 23.4. The van der Waals surface area contributed by atoms with Crippen LogP contribution in [0.5, 0.6) is 0 Å². The van der Waals surface area contributed by atoms with Crippen LogP contribution in [-0.2, 0) is 4.74 Å². The first kappa shape index (κ1) is 15.8. The van der Waals surface area contributed by atoms with E-state index in [1.807, 2.05) is 49.9 Å². The van der Waals surface area contributed by atoms with E-state index in [0.29, 0.717) is 17.4 Å². The van der Waals surface area contributed by atoms with Crippen molar-refractivity contribution in [1.82, 2.24) is 4.90 Å². The van der Waals surface area contributed by atoms with E-state index in [1.165, 1.54) is 11.1 Å². The van der Waals surface area contributed by atoms with Crippen LogP contribution >= 0.6 is 0 Å². The van der Waals surface area contributed by atoms with Gasteiger partial charge >= 0.3 is 6.09 Å². The maximum absolute atomic E-state index is 12.2. The molecule has 0 bridgehead atoms. The summed E-state index contributed by atoms with van der Waals surface area (Å²) in [5.74, 6) is 0.881. The molecule has 3 rings (SSSR count). The molecule has 4 nitrogen and oxygen atoms in total. The summed E-state index contributed by atoms with van der Waals surface area (Å²) in [6.07, 6.45) is 3.91. The molecule has 2 atom stereocenters. The molecule has 1 amide bonds. The summed E-state index contributed by atoms with van der Waals surface area (Å²) < 4.78 is 5.46. The van der Waals surface area contributed by atoms with Gasteiger partial charge in [-0.1, -0.05) is 30.3 Å². The monoisotopic (exact) mass is 313 g/mol. The Balaban J connectivity index is 1.65. The van der Waals surface area contributed by atoms with Crippen LogP contribution in [-0.4, -0.2) is 36.0 Å². The molecule has 1 fully saturated rings. The van der Waals surface area contributed by atoms with Crippen LogP contribution in [0.2, 0.25) is 0 Å². The number of hydrogen-bond acceptors (Lipinski definition) is 3. The topological polar surface area (TPSA) is 46.6 Å². The van der Waals surface area contributed by atoms with Gasteiger partial charge in [-0.2, -0.15) is 0 Å². The van der Waals surface area contributed by atoms with E-state index in [9.17, 15) is 9.59 Å². The van der Waals surface area contributed by atoms with Gasteiger partial charge in [-0.3, -0.25) is 4.79 Å². The molecule has 0 spiro atoms. The molecule has 2 aliphatic rings. The fourth-order valence-corrected chi connectivity index (χ4v) is 3.38. The van der Waals surface area contributed by atoms with E-state index in [4.69, 9.17) is 4.74 Å². The number of rotatable bonds is 2. The second-order valence-corrected chi connectivity index (χ2v) is 7.45. The zero-order valence-electron chi connectivity index (χ0n) is 13.9. The van der Waals surface area contributed by atoms with Crippen molar-refractivity contribution in [2.45, 2.75) is 32.8 Å². The fourth-order valence-electron chi connectivity index (χ4n) is 3.38. The second kappa shape index (κ2) is 5.84. The molecule has 23 heavy (non-hydrogen) atoms. The highest BCUT2D eigenvalue weighted by Gasteiger charge is 2.39. The Hall–Kier alpha value is -2.10. The first-order valence-electron chi connectivity index (χ1n) is 8.10. The minimum Gasteiger partial charge on any atom is -0.444 e. The van der Waals surface area contributed by atoms with Gasteiger partial charge in [-0.25, -0.2) is 4.79 Å². The van der Waals surface area contributed by atoms with Crippen LogP contribution < -0.4 is 0 Å². The zero-order chi connectivity index (χ0) is 16.6. The molecule has 1 aliphatic carbocycles. The van der Waals surface area contributed by atoms with Crippen molar-refractivity contribution < 1.29 is 14.3 Å². The van der Waals surface area contributed by atoms with Crippen molar-refractivity contribution in [3.63, 3.8) is 0 Å². The van der Waals surface area contributed by atoms with Gasteiger partial charge in [0.15, 0.2) is 0 Å². The van der Waals surface area contributed by atoms with Crippen molar-refractivity contribution in [3.8, 4) is 0 Å². The van der Waals surface area contributed by atoms with E-state index in [1.54, 1.807) is 0 Å². The molecule has 4 heteroatoms. The molecule has 0 aromatic heterocycles. The summed E-state index contributed by atoms with van der Waals surface area (Å²) >= 11 is 0. The Morgan fingerprint density at radius 3 is 2.48 bits per heavy atom. The number of hydrogen-bond donors (Lipinski definition) is 0.